The molecule has 1 rings (SSSR count). The average molecular weight is 221 g/mol. The van der Waals surface area contributed by atoms with E-state index in [2.05, 4.69) is 10.2 Å². The second kappa shape index (κ2) is 6.75. The predicted octanol–water partition coefficient (Wildman–Crippen LogP) is 1.01. The molecule has 6 heteroatoms. The van der Waals surface area contributed by atoms with Crippen molar-refractivity contribution in [2.75, 3.05) is 26.2 Å². The monoisotopic (exact) mass is 220 g/mol. The molecule has 0 saturated carbocycles. The summed E-state index contributed by atoms with van der Waals surface area (Å²) >= 11 is 5.52. The number of nitrogens with zero attached hydrogens (tertiary/aromatic N) is 2. The zero-order chi connectivity index (χ0) is 10.2. The molecule has 1 aromatic heterocycles. The summed E-state index contributed by atoms with van der Waals surface area (Å²) in [5, 5.41) is 7.58. The molecule has 5 nitrogen and oxygen atoms in total. The molecule has 0 radical (unpaired) electrons. The number of alkyl halides is 1. The van der Waals surface area contributed by atoms with Crippen LogP contribution in [0.5, 0.6) is 0 Å². The van der Waals surface area contributed by atoms with Gasteiger partial charge in [-0.25, -0.2) is 0 Å². The highest BCUT2D eigenvalue weighted by Gasteiger charge is 2.04. The lowest BCUT2D eigenvalue weighted by molar-refractivity contribution is 0.0513. The number of ether oxygens (including phenoxy) is 2. The zero-order valence-electron chi connectivity index (χ0n) is 8.03. The molecule has 0 aliphatic rings. The van der Waals surface area contributed by atoms with Gasteiger partial charge in [-0.1, -0.05) is 0 Å². The topological polar surface area (TPSA) is 57.4 Å². The Morgan fingerprint density at radius 2 is 2.07 bits per heavy atom. The SMILES string of the molecule is COCCOCc1nnc(CCCl)o1. The number of aromatic nitrogens is 2. The normalized spacial score (nSPS) is 10.7. The van der Waals surface area contributed by atoms with Crippen molar-refractivity contribution in [3.05, 3.63) is 11.8 Å². The number of hydrogen-bond donors (Lipinski definition) is 0. The first-order valence-corrected chi connectivity index (χ1v) is 4.84. The molecule has 0 aliphatic carbocycles. The van der Waals surface area contributed by atoms with E-state index in [4.69, 9.17) is 25.5 Å². The van der Waals surface area contributed by atoms with Gasteiger partial charge in [-0.2, -0.15) is 0 Å². The van der Waals surface area contributed by atoms with Crippen LogP contribution >= 0.6 is 11.6 Å². The van der Waals surface area contributed by atoms with Crippen LogP contribution in [0.2, 0.25) is 0 Å². The highest BCUT2D eigenvalue weighted by atomic mass is 35.5. The minimum Gasteiger partial charge on any atom is -0.423 e. The number of aryl methyl sites for hydroxylation is 1. The van der Waals surface area contributed by atoms with Gasteiger partial charge in [0, 0.05) is 19.4 Å². The lowest BCUT2D eigenvalue weighted by Gasteiger charge is -1.98. The maximum absolute atomic E-state index is 5.52. The van der Waals surface area contributed by atoms with Crippen LogP contribution in [0.15, 0.2) is 4.42 Å². The Hall–Kier alpha value is -0.650. The van der Waals surface area contributed by atoms with Crippen molar-refractivity contribution >= 4 is 11.6 Å². The van der Waals surface area contributed by atoms with E-state index in [1.54, 1.807) is 7.11 Å². The summed E-state index contributed by atoms with van der Waals surface area (Å²) < 4.78 is 15.2. The van der Waals surface area contributed by atoms with E-state index in [0.717, 1.165) is 0 Å². The molecular formula is C8H13ClN2O3. The molecule has 0 atom stereocenters. The van der Waals surface area contributed by atoms with E-state index in [-0.39, 0.29) is 0 Å². The van der Waals surface area contributed by atoms with Crippen molar-refractivity contribution in [3.63, 3.8) is 0 Å². The molecule has 0 aromatic carbocycles. The van der Waals surface area contributed by atoms with Gasteiger partial charge in [0.1, 0.15) is 6.61 Å². The number of methoxy groups -OCH3 is 1. The molecule has 1 heterocycles. The third-order valence-corrected chi connectivity index (χ3v) is 1.66. The van der Waals surface area contributed by atoms with Crippen LogP contribution in [-0.4, -0.2) is 36.4 Å². The van der Waals surface area contributed by atoms with Gasteiger partial charge in [0.25, 0.3) is 0 Å². The van der Waals surface area contributed by atoms with Gasteiger partial charge < -0.3 is 13.9 Å². The smallest absolute Gasteiger partial charge is 0.242 e. The predicted molar refractivity (Wildman–Crippen MR) is 50.3 cm³/mol. The molecular weight excluding hydrogens is 208 g/mol. The third-order valence-electron chi connectivity index (χ3n) is 1.47. The summed E-state index contributed by atoms with van der Waals surface area (Å²) in [5.41, 5.74) is 0. The van der Waals surface area contributed by atoms with E-state index in [0.29, 0.717) is 43.9 Å². The summed E-state index contributed by atoms with van der Waals surface area (Å²) in [6.07, 6.45) is 0.590. The molecule has 0 aliphatic heterocycles. The average Bonchev–Trinajstić information content (AvgIpc) is 2.61. The van der Waals surface area contributed by atoms with Crippen molar-refractivity contribution in [1.29, 1.82) is 0 Å². The molecule has 0 fully saturated rings. The van der Waals surface area contributed by atoms with E-state index in [9.17, 15) is 0 Å². The van der Waals surface area contributed by atoms with Gasteiger partial charge in [-0.3, -0.25) is 0 Å². The van der Waals surface area contributed by atoms with Crippen LogP contribution in [0, 0.1) is 0 Å². The summed E-state index contributed by atoms with van der Waals surface area (Å²) in [4.78, 5) is 0. The Labute approximate surface area is 87.4 Å². The van der Waals surface area contributed by atoms with Crippen molar-refractivity contribution in [3.8, 4) is 0 Å². The lowest BCUT2D eigenvalue weighted by Crippen LogP contribution is -2.01. The van der Waals surface area contributed by atoms with Crippen LogP contribution in [0.4, 0.5) is 0 Å². The molecule has 0 N–H and O–H groups in total. The van der Waals surface area contributed by atoms with E-state index in [1.807, 2.05) is 0 Å². The van der Waals surface area contributed by atoms with Crippen molar-refractivity contribution < 1.29 is 13.9 Å². The highest BCUT2D eigenvalue weighted by Crippen LogP contribution is 2.02. The number of rotatable bonds is 7. The quantitative estimate of drug-likeness (QED) is 0.507. The fraction of sp³-hybridized carbons (Fsp3) is 0.750. The molecule has 80 valence electrons. The number of hydrogen-bond acceptors (Lipinski definition) is 5. The molecule has 0 bridgehead atoms. The van der Waals surface area contributed by atoms with Crippen LogP contribution in [0.1, 0.15) is 11.8 Å². The van der Waals surface area contributed by atoms with Gasteiger partial charge in [0.15, 0.2) is 0 Å². The molecule has 0 spiro atoms. The fourth-order valence-corrected chi connectivity index (χ4v) is 0.992. The Bertz CT molecular complexity index is 254. The molecule has 1 aromatic rings. The van der Waals surface area contributed by atoms with Crippen molar-refractivity contribution in [2.24, 2.45) is 0 Å². The van der Waals surface area contributed by atoms with Gasteiger partial charge in [-0.15, -0.1) is 21.8 Å². The minimum atomic E-state index is 0.318. The molecule has 0 amide bonds. The summed E-state index contributed by atoms with van der Waals surface area (Å²) in [7, 11) is 1.62. The van der Waals surface area contributed by atoms with E-state index in [1.165, 1.54) is 0 Å². The standard InChI is InChI=1S/C8H13ClN2O3/c1-12-4-5-13-6-8-11-10-7(14-8)2-3-9/h2-6H2,1H3. The largest absolute Gasteiger partial charge is 0.423 e. The Balaban J connectivity index is 2.22. The first-order chi connectivity index (χ1) is 6.86. The Morgan fingerprint density at radius 1 is 1.29 bits per heavy atom. The highest BCUT2D eigenvalue weighted by molar-refractivity contribution is 6.17. The summed E-state index contributed by atoms with van der Waals surface area (Å²) in [5.74, 6) is 1.50. The number of halogens is 1. The maximum atomic E-state index is 5.52. The lowest BCUT2D eigenvalue weighted by atomic mass is 10.5. The maximum Gasteiger partial charge on any atom is 0.242 e. The van der Waals surface area contributed by atoms with Crippen LogP contribution < -0.4 is 0 Å². The zero-order valence-corrected chi connectivity index (χ0v) is 8.79. The van der Waals surface area contributed by atoms with Gasteiger partial charge >= 0.3 is 0 Å². The first-order valence-electron chi connectivity index (χ1n) is 4.30. The second-order valence-corrected chi connectivity index (χ2v) is 2.95. The molecule has 0 unspecified atom stereocenters. The summed E-state index contributed by atoms with van der Waals surface area (Å²) in [6, 6.07) is 0. The van der Waals surface area contributed by atoms with Gasteiger partial charge in [-0.05, 0) is 0 Å². The van der Waals surface area contributed by atoms with E-state index >= 15 is 0 Å². The van der Waals surface area contributed by atoms with E-state index < -0.39 is 0 Å². The Kier molecular flexibility index (Phi) is 5.51. The van der Waals surface area contributed by atoms with Crippen molar-refractivity contribution in [1.82, 2.24) is 10.2 Å². The minimum absolute atomic E-state index is 0.318. The molecule has 0 saturated heterocycles. The van der Waals surface area contributed by atoms with Crippen LogP contribution in [0.3, 0.4) is 0 Å². The van der Waals surface area contributed by atoms with Crippen LogP contribution in [-0.2, 0) is 22.5 Å². The Morgan fingerprint density at radius 3 is 2.79 bits per heavy atom. The first kappa shape index (κ1) is 11.4. The van der Waals surface area contributed by atoms with Crippen LogP contribution in [0.25, 0.3) is 0 Å². The summed E-state index contributed by atoms with van der Waals surface area (Å²) in [6.45, 7) is 1.39. The third kappa shape index (κ3) is 4.04. The fourth-order valence-electron chi connectivity index (χ4n) is 0.830. The molecule has 14 heavy (non-hydrogen) atoms. The van der Waals surface area contributed by atoms with Crippen molar-refractivity contribution in [2.45, 2.75) is 13.0 Å². The van der Waals surface area contributed by atoms with Gasteiger partial charge in [0.2, 0.25) is 11.8 Å². The van der Waals surface area contributed by atoms with Gasteiger partial charge in [0.05, 0.1) is 13.2 Å². The second-order valence-electron chi connectivity index (χ2n) is 2.57.